The molecule has 0 fully saturated rings. The number of carbonyl (C=O) groups is 1. The molecule has 1 heterocycles. The molecule has 1 atom stereocenters. The molecule has 1 aliphatic rings. The van der Waals surface area contributed by atoms with Crippen molar-refractivity contribution < 1.29 is 14.3 Å². The van der Waals surface area contributed by atoms with Gasteiger partial charge in [-0.3, -0.25) is 4.79 Å². The van der Waals surface area contributed by atoms with Crippen molar-refractivity contribution in [1.29, 1.82) is 0 Å². The second kappa shape index (κ2) is 7.02. The van der Waals surface area contributed by atoms with E-state index in [0.29, 0.717) is 5.56 Å². The molecule has 0 radical (unpaired) electrons. The minimum Gasteiger partial charge on any atom is -0.491 e. The zero-order valence-corrected chi connectivity index (χ0v) is 16.1. The number of hydrogen-bond acceptors (Lipinski definition) is 3. The number of aryl methyl sites for hydroxylation is 1. The van der Waals surface area contributed by atoms with Gasteiger partial charge in [-0.05, 0) is 65.0 Å². The van der Waals surface area contributed by atoms with Crippen molar-refractivity contribution in [2.24, 2.45) is 0 Å². The molecule has 0 aliphatic carbocycles. The number of amides is 1. The molecule has 0 saturated carbocycles. The Bertz CT molecular complexity index is 794. The van der Waals surface area contributed by atoms with Gasteiger partial charge in [0.2, 0.25) is 0 Å². The summed E-state index contributed by atoms with van der Waals surface area (Å²) in [6.07, 6.45) is 0.836. The summed E-state index contributed by atoms with van der Waals surface area (Å²) in [7, 11) is 0. The van der Waals surface area contributed by atoms with E-state index in [2.05, 4.69) is 11.4 Å². The zero-order valence-electron chi connectivity index (χ0n) is 16.1. The summed E-state index contributed by atoms with van der Waals surface area (Å²) in [5.74, 6) is 1.53. The van der Waals surface area contributed by atoms with E-state index in [0.717, 1.165) is 29.0 Å². The summed E-state index contributed by atoms with van der Waals surface area (Å²) in [5, 5.41) is 3.17. The van der Waals surface area contributed by atoms with Crippen LogP contribution in [0.4, 0.5) is 0 Å². The summed E-state index contributed by atoms with van der Waals surface area (Å²) < 4.78 is 11.7. The smallest absolute Gasteiger partial charge is 0.251 e. The summed E-state index contributed by atoms with van der Waals surface area (Å²) >= 11 is 0. The van der Waals surface area contributed by atoms with E-state index in [1.807, 2.05) is 58.9 Å². The fourth-order valence-corrected chi connectivity index (χ4v) is 3.30. The molecular formula is C22H27NO3. The molecule has 1 N–H and O–H groups in total. The first kappa shape index (κ1) is 18.3. The highest BCUT2D eigenvalue weighted by Crippen LogP contribution is 2.40. The van der Waals surface area contributed by atoms with E-state index in [-0.39, 0.29) is 23.7 Å². The predicted molar refractivity (Wildman–Crippen MR) is 103 cm³/mol. The quantitative estimate of drug-likeness (QED) is 0.858. The minimum absolute atomic E-state index is 0.0762. The third-order valence-electron chi connectivity index (χ3n) is 4.42. The van der Waals surface area contributed by atoms with Crippen molar-refractivity contribution >= 4 is 5.91 Å². The van der Waals surface area contributed by atoms with Crippen molar-refractivity contribution in [3.05, 3.63) is 59.2 Å². The van der Waals surface area contributed by atoms with Crippen LogP contribution in [-0.2, 0) is 0 Å². The third-order valence-corrected chi connectivity index (χ3v) is 4.42. The molecule has 0 spiro atoms. The number of nitrogens with one attached hydrogen (secondary N) is 1. The van der Waals surface area contributed by atoms with Crippen molar-refractivity contribution in [3.63, 3.8) is 0 Å². The minimum atomic E-state index is -0.324. The lowest BCUT2D eigenvalue weighted by molar-refractivity contribution is 0.0619. The maximum absolute atomic E-state index is 12.8. The Morgan fingerprint density at radius 2 is 1.88 bits per heavy atom. The maximum Gasteiger partial charge on any atom is 0.251 e. The van der Waals surface area contributed by atoms with Gasteiger partial charge in [0.15, 0.2) is 0 Å². The van der Waals surface area contributed by atoms with E-state index >= 15 is 0 Å². The van der Waals surface area contributed by atoms with Crippen LogP contribution < -0.4 is 14.8 Å². The fourth-order valence-electron chi connectivity index (χ4n) is 3.30. The SMILES string of the molecule is Cc1ccc2c(c1)[C@H](NC(=O)c1ccc(OC(C)C)cc1)CC(C)(C)O2. The molecule has 2 aromatic carbocycles. The maximum atomic E-state index is 12.8. The van der Waals surface area contributed by atoms with Gasteiger partial charge in [0.25, 0.3) is 5.91 Å². The van der Waals surface area contributed by atoms with Crippen molar-refractivity contribution in [2.75, 3.05) is 0 Å². The van der Waals surface area contributed by atoms with Gasteiger partial charge in [-0.1, -0.05) is 17.7 Å². The Kier molecular flexibility index (Phi) is 4.94. The molecule has 1 amide bonds. The molecule has 0 saturated heterocycles. The van der Waals surface area contributed by atoms with Crippen molar-refractivity contribution in [3.8, 4) is 11.5 Å². The van der Waals surface area contributed by atoms with Crippen molar-refractivity contribution in [2.45, 2.75) is 58.8 Å². The number of benzene rings is 2. The molecule has 0 bridgehead atoms. The molecule has 1 aliphatic heterocycles. The summed E-state index contributed by atoms with van der Waals surface area (Å²) in [6.45, 7) is 10.1. The van der Waals surface area contributed by atoms with Crippen molar-refractivity contribution in [1.82, 2.24) is 5.32 Å². The van der Waals surface area contributed by atoms with Crippen LogP contribution in [0.3, 0.4) is 0 Å². The Balaban J connectivity index is 1.79. The van der Waals surface area contributed by atoms with Gasteiger partial charge in [0.1, 0.15) is 17.1 Å². The Morgan fingerprint density at radius 3 is 2.54 bits per heavy atom. The first-order valence-corrected chi connectivity index (χ1v) is 9.11. The number of rotatable bonds is 4. The second-order valence-electron chi connectivity index (χ2n) is 7.82. The number of hydrogen-bond donors (Lipinski definition) is 1. The van der Waals surface area contributed by atoms with Crippen LogP contribution in [0, 0.1) is 6.92 Å². The van der Waals surface area contributed by atoms with E-state index in [1.165, 1.54) is 0 Å². The standard InChI is InChI=1S/C22H27NO3/c1-14(2)25-17-9-7-16(8-10-17)21(24)23-19-13-22(4,5)26-20-11-6-15(3)12-18(19)20/h6-12,14,19H,13H2,1-5H3,(H,23,24)/t19-/m1/s1. The normalized spacial score (nSPS) is 18.0. The predicted octanol–water partition coefficient (Wildman–Crippen LogP) is 4.81. The topological polar surface area (TPSA) is 47.6 Å². The van der Waals surface area contributed by atoms with Crippen LogP contribution in [0.25, 0.3) is 0 Å². The highest BCUT2D eigenvalue weighted by atomic mass is 16.5. The molecule has 4 nitrogen and oxygen atoms in total. The van der Waals surface area contributed by atoms with Gasteiger partial charge in [0.05, 0.1) is 12.1 Å². The highest BCUT2D eigenvalue weighted by Gasteiger charge is 2.34. The summed E-state index contributed by atoms with van der Waals surface area (Å²) in [6, 6.07) is 13.3. The molecule has 4 heteroatoms. The third kappa shape index (κ3) is 4.18. The largest absolute Gasteiger partial charge is 0.491 e. The molecular weight excluding hydrogens is 326 g/mol. The fraction of sp³-hybridized carbons (Fsp3) is 0.409. The first-order chi connectivity index (χ1) is 12.2. The van der Waals surface area contributed by atoms with Crippen LogP contribution in [0.5, 0.6) is 11.5 Å². The van der Waals surface area contributed by atoms with Crippen LogP contribution in [0.15, 0.2) is 42.5 Å². The van der Waals surface area contributed by atoms with Crippen LogP contribution in [0.1, 0.15) is 61.6 Å². The number of ether oxygens (including phenoxy) is 2. The van der Waals surface area contributed by atoms with Crippen LogP contribution in [0.2, 0.25) is 0 Å². The molecule has 138 valence electrons. The van der Waals surface area contributed by atoms with Crippen LogP contribution in [-0.4, -0.2) is 17.6 Å². The Labute approximate surface area is 155 Å². The second-order valence-corrected chi connectivity index (χ2v) is 7.82. The average molecular weight is 353 g/mol. The van der Waals surface area contributed by atoms with E-state index in [1.54, 1.807) is 12.1 Å². The van der Waals surface area contributed by atoms with Gasteiger partial charge >= 0.3 is 0 Å². The highest BCUT2D eigenvalue weighted by molar-refractivity contribution is 5.94. The number of fused-ring (bicyclic) bond motifs is 1. The Hall–Kier alpha value is -2.49. The molecule has 0 aromatic heterocycles. The lowest BCUT2D eigenvalue weighted by Crippen LogP contribution is -2.41. The van der Waals surface area contributed by atoms with Gasteiger partial charge < -0.3 is 14.8 Å². The summed E-state index contributed by atoms with van der Waals surface area (Å²) in [4.78, 5) is 12.8. The molecule has 0 unspecified atom stereocenters. The lowest BCUT2D eigenvalue weighted by Gasteiger charge is -2.38. The first-order valence-electron chi connectivity index (χ1n) is 9.11. The van der Waals surface area contributed by atoms with Gasteiger partial charge in [-0.15, -0.1) is 0 Å². The zero-order chi connectivity index (χ0) is 18.9. The lowest BCUT2D eigenvalue weighted by atomic mass is 9.88. The molecule has 2 aromatic rings. The van der Waals surface area contributed by atoms with Crippen LogP contribution >= 0.6 is 0 Å². The molecule has 3 rings (SSSR count). The molecule has 26 heavy (non-hydrogen) atoms. The van der Waals surface area contributed by atoms with E-state index in [9.17, 15) is 4.79 Å². The number of carbonyl (C=O) groups excluding carboxylic acids is 1. The monoisotopic (exact) mass is 353 g/mol. The van der Waals surface area contributed by atoms with Gasteiger partial charge in [-0.2, -0.15) is 0 Å². The average Bonchev–Trinajstić information content (AvgIpc) is 2.55. The van der Waals surface area contributed by atoms with E-state index < -0.39 is 0 Å². The van der Waals surface area contributed by atoms with Gasteiger partial charge in [0, 0.05) is 17.5 Å². The van der Waals surface area contributed by atoms with E-state index in [4.69, 9.17) is 9.47 Å². The Morgan fingerprint density at radius 1 is 1.19 bits per heavy atom. The summed E-state index contributed by atoms with van der Waals surface area (Å²) in [5.41, 5.74) is 2.49. The van der Waals surface area contributed by atoms with Gasteiger partial charge in [-0.25, -0.2) is 0 Å².